The maximum absolute atomic E-state index is 13.3. The molecule has 0 bridgehead atoms. The second-order valence-corrected chi connectivity index (χ2v) is 6.54. The zero-order chi connectivity index (χ0) is 18.3. The van der Waals surface area contributed by atoms with Crippen LogP contribution in [0.1, 0.15) is 38.7 Å². The first-order chi connectivity index (χ1) is 12.5. The Morgan fingerprint density at radius 1 is 1.15 bits per heavy atom. The Kier molecular flexibility index (Phi) is 3.95. The molecule has 6 heteroatoms. The Morgan fingerprint density at radius 2 is 1.96 bits per heavy atom. The molecule has 2 N–H and O–H groups in total. The van der Waals surface area contributed by atoms with Crippen molar-refractivity contribution in [3.05, 3.63) is 71.2 Å². The van der Waals surface area contributed by atoms with Gasteiger partial charge in [0.15, 0.2) is 0 Å². The van der Waals surface area contributed by atoms with Crippen LogP contribution in [-0.2, 0) is 0 Å². The first-order valence-corrected chi connectivity index (χ1v) is 8.42. The molecular weight excluding hydrogens is 335 g/mol. The second-order valence-electron chi connectivity index (χ2n) is 6.54. The zero-order valence-electron chi connectivity index (χ0n) is 13.9. The number of benzene rings is 2. The quantitative estimate of drug-likeness (QED) is 0.756. The highest BCUT2D eigenvalue weighted by Crippen LogP contribution is 2.31. The molecule has 0 radical (unpaired) electrons. The predicted octanol–water partition coefficient (Wildman–Crippen LogP) is 3.63. The minimum Gasteiger partial charge on any atom is -0.478 e. The van der Waals surface area contributed by atoms with E-state index in [1.54, 1.807) is 29.2 Å². The van der Waals surface area contributed by atoms with Gasteiger partial charge in [-0.25, -0.2) is 9.18 Å². The Labute approximate surface area is 149 Å². The highest BCUT2D eigenvalue weighted by atomic mass is 19.1. The van der Waals surface area contributed by atoms with E-state index in [9.17, 15) is 19.1 Å². The Hall–Kier alpha value is -3.15. The molecule has 4 rings (SSSR count). The number of nitrogens with one attached hydrogen (secondary N) is 1. The number of carbonyl (C=O) groups is 2. The third-order valence-electron chi connectivity index (χ3n) is 4.92. The van der Waals surface area contributed by atoms with Gasteiger partial charge in [-0.15, -0.1) is 0 Å². The average Bonchev–Trinajstić information content (AvgIpc) is 3.27. The van der Waals surface area contributed by atoms with Crippen LogP contribution in [0.25, 0.3) is 10.9 Å². The van der Waals surface area contributed by atoms with E-state index >= 15 is 0 Å². The molecule has 1 saturated heterocycles. The fraction of sp³-hybridized carbons (Fsp3) is 0.200. The monoisotopic (exact) mass is 352 g/mol. The van der Waals surface area contributed by atoms with Gasteiger partial charge in [-0.05, 0) is 42.3 Å². The molecule has 26 heavy (non-hydrogen) atoms. The Morgan fingerprint density at radius 3 is 2.77 bits per heavy atom. The molecule has 1 aliphatic heterocycles. The SMILES string of the molecule is O=C(O)c1ccccc1[C@H]1CCN(C(=O)c2cc3cc(F)ccc3[nH]2)C1. The van der Waals surface area contributed by atoms with E-state index in [0.717, 1.165) is 5.56 Å². The lowest BCUT2D eigenvalue weighted by atomic mass is 9.93. The number of halogens is 1. The normalized spacial score (nSPS) is 17.0. The molecular formula is C20H17FN2O3. The third-order valence-corrected chi connectivity index (χ3v) is 4.92. The van der Waals surface area contributed by atoms with Crippen LogP contribution >= 0.6 is 0 Å². The number of amides is 1. The first-order valence-electron chi connectivity index (χ1n) is 8.42. The van der Waals surface area contributed by atoms with Gasteiger partial charge in [0.1, 0.15) is 11.5 Å². The lowest BCUT2D eigenvalue weighted by molar-refractivity contribution is 0.0695. The van der Waals surface area contributed by atoms with Gasteiger partial charge in [0.05, 0.1) is 5.56 Å². The molecule has 1 atom stereocenters. The molecule has 1 aromatic heterocycles. The van der Waals surface area contributed by atoms with Crippen LogP contribution in [0.5, 0.6) is 0 Å². The van der Waals surface area contributed by atoms with Crippen LogP contribution in [0.4, 0.5) is 4.39 Å². The molecule has 0 aliphatic carbocycles. The van der Waals surface area contributed by atoms with Crippen molar-refractivity contribution in [2.45, 2.75) is 12.3 Å². The number of aromatic amines is 1. The second kappa shape index (κ2) is 6.29. The van der Waals surface area contributed by atoms with Gasteiger partial charge in [0, 0.05) is 29.9 Å². The summed E-state index contributed by atoms with van der Waals surface area (Å²) in [7, 11) is 0. The summed E-state index contributed by atoms with van der Waals surface area (Å²) in [5, 5.41) is 10.0. The predicted molar refractivity (Wildman–Crippen MR) is 94.9 cm³/mol. The molecule has 5 nitrogen and oxygen atoms in total. The van der Waals surface area contributed by atoms with Gasteiger partial charge < -0.3 is 15.0 Å². The van der Waals surface area contributed by atoms with Crippen molar-refractivity contribution in [1.82, 2.24) is 9.88 Å². The zero-order valence-corrected chi connectivity index (χ0v) is 13.9. The van der Waals surface area contributed by atoms with Gasteiger partial charge in [-0.2, -0.15) is 0 Å². The van der Waals surface area contributed by atoms with Crippen molar-refractivity contribution in [3.63, 3.8) is 0 Å². The summed E-state index contributed by atoms with van der Waals surface area (Å²) in [5.41, 5.74) is 2.17. The molecule has 0 unspecified atom stereocenters. The summed E-state index contributed by atoms with van der Waals surface area (Å²) in [6.45, 7) is 1.02. The fourth-order valence-corrected chi connectivity index (χ4v) is 3.64. The van der Waals surface area contributed by atoms with Crippen LogP contribution in [0.2, 0.25) is 0 Å². The molecule has 2 aromatic carbocycles. The van der Waals surface area contributed by atoms with E-state index in [2.05, 4.69) is 4.98 Å². The maximum Gasteiger partial charge on any atom is 0.335 e. The average molecular weight is 352 g/mol. The highest BCUT2D eigenvalue weighted by Gasteiger charge is 2.30. The molecule has 132 valence electrons. The third kappa shape index (κ3) is 2.83. The summed E-state index contributed by atoms with van der Waals surface area (Å²) in [6.07, 6.45) is 0.713. The lowest BCUT2D eigenvalue weighted by Crippen LogP contribution is -2.28. The number of aromatic carboxylic acids is 1. The number of likely N-dealkylation sites (tertiary alicyclic amines) is 1. The van der Waals surface area contributed by atoms with Crippen LogP contribution < -0.4 is 0 Å². The molecule has 1 aliphatic rings. The minimum absolute atomic E-state index is 0.00641. The van der Waals surface area contributed by atoms with Crippen molar-refractivity contribution >= 4 is 22.8 Å². The fourth-order valence-electron chi connectivity index (χ4n) is 3.64. The maximum atomic E-state index is 13.3. The van der Waals surface area contributed by atoms with Gasteiger partial charge >= 0.3 is 5.97 Å². The van der Waals surface area contributed by atoms with E-state index < -0.39 is 5.97 Å². The van der Waals surface area contributed by atoms with E-state index in [1.807, 2.05) is 12.1 Å². The number of nitrogens with zero attached hydrogens (tertiary/aromatic N) is 1. The highest BCUT2D eigenvalue weighted by molar-refractivity contribution is 5.98. The largest absolute Gasteiger partial charge is 0.478 e. The minimum atomic E-state index is -0.956. The lowest BCUT2D eigenvalue weighted by Gasteiger charge is -2.17. The smallest absolute Gasteiger partial charge is 0.335 e. The summed E-state index contributed by atoms with van der Waals surface area (Å²) >= 11 is 0. The number of H-pyrrole nitrogens is 1. The Balaban J connectivity index is 1.56. The van der Waals surface area contributed by atoms with Crippen LogP contribution in [0.3, 0.4) is 0 Å². The number of carbonyl (C=O) groups excluding carboxylic acids is 1. The van der Waals surface area contributed by atoms with Gasteiger partial charge in [0.2, 0.25) is 0 Å². The molecule has 1 fully saturated rings. The first kappa shape index (κ1) is 16.3. The van der Waals surface area contributed by atoms with Crippen molar-refractivity contribution in [3.8, 4) is 0 Å². The van der Waals surface area contributed by atoms with Crippen molar-refractivity contribution in [2.24, 2.45) is 0 Å². The number of fused-ring (bicyclic) bond motifs is 1. The molecule has 2 heterocycles. The summed E-state index contributed by atoms with van der Waals surface area (Å²) in [6, 6.07) is 12.9. The van der Waals surface area contributed by atoms with E-state index in [0.29, 0.717) is 36.1 Å². The van der Waals surface area contributed by atoms with Crippen LogP contribution in [0.15, 0.2) is 48.5 Å². The molecule has 1 amide bonds. The van der Waals surface area contributed by atoms with Crippen LogP contribution in [0, 0.1) is 5.82 Å². The van der Waals surface area contributed by atoms with Gasteiger partial charge in [0.25, 0.3) is 5.91 Å². The van der Waals surface area contributed by atoms with Crippen molar-refractivity contribution < 1.29 is 19.1 Å². The summed E-state index contributed by atoms with van der Waals surface area (Å²) < 4.78 is 13.3. The number of carboxylic acid groups (broad SMARTS) is 1. The van der Waals surface area contributed by atoms with Crippen molar-refractivity contribution in [1.29, 1.82) is 0 Å². The Bertz CT molecular complexity index is 1010. The number of rotatable bonds is 3. The van der Waals surface area contributed by atoms with E-state index in [-0.39, 0.29) is 23.2 Å². The summed E-state index contributed by atoms with van der Waals surface area (Å²) in [5.74, 6) is -1.46. The molecule has 0 spiro atoms. The number of hydrogen-bond acceptors (Lipinski definition) is 2. The van der Waals surface area contributed by atoms with E-state index in [1.165, 1.54) is 12.1 Å². The standard InChI is InChI=1S/C20H17FN2O3/c21-14-5-6-17-13(9-14)10-18(22-17)19(24)23-8-7-12(11-23)15-3-1-2-4-16(15)20(25)26/h1-6,9-10,12,22H,7-8,11H2,(H,25,26)/t12-/m0/s1. The molecule has 3 aromatic rings. The number of hydrogen-bond donors (Lipinski definition) is 2. The number of carboxylic acids is 1. The summed E-state index contributed by atoms with van der Waals surface area (Å²) in [4.78, 5) is 29.0. The number of aromatic nitrogens is 1. The van der Waals surface area contributed by atoms with Crippen LogP contribution in [-0.4, -0.2) is 40.0 Å². The van der Waals surface area contributed by atoms with Gasteiger partial charge in [-0.1, -0.05) is 18.2 Å². The van der Waals surface area contributed by atoms with E-state index in [4.69, 9.17) is 0 Å². The van der Waals surface area contributed by atoms with Gasteiger partial charge in [-0.3, -0.25) is 4.79 Å². The topological polar surface area (TPSA) is 73.4 Å². The van der Waals surface area contributed by atoms with Crippen molar-refractivity contribution in [2.75, 3.05) is 13.1 Å². The molecule has 0 saturated carbocycles.